The summed E-state index contributed by atoms with van der Waals surface area (Å²) in [5.74, 6) is -11.0. The first-order valence-electron chi connectivity index (χ1n) is 23.1. The second-order valence-corrected chi connectivity index (χ2v) is 5.88. The lowest BCUT2D eigenvalue weighted by Gasteiger charge is -2.35. The van der Waals surface area contributed by atoms with Crippen LogP contribution in [0, 0.1) is 0 Å². The summed E-state index contributed by atoms with van der Waals surface area (Å²) in [6.07, 6.45) is -15.7. The van der Waals surface area contributed by atoms with Crippen LogP contribution in [0.15, 0.2) is 72.5 Å². The Morgan fingerprint density at radius 1 is 1.06 bits per heavy atom. The van der Waals surface area contributed by atoms with Gasteiger partial charge in [0.25, 0.3) is 0 Å². The molecular weight excluding hydrogens is 382 g/mol. The van der Waals surface area contributed by atoms with E-state index in [1.807, 2.05) is 0 Å². The molecule has 1 fully saturated rings. The van der Waals surface area contributed by atoms with Crippen LogP contribution < -0.4 is 4.74 Å². The molecule has 3 heteroatoms. The van der Waals surface area contributed by atoms with Gasteiger partial charge in [-0.15, -0.1) is 0 Å². The molecule has 0 bridgehead atoms. The Labute approximate surface area is 226 Å². The highest BCUT2D eigenvalue weighted by atomic mass is 16.5. The first-order chi connectivity index (χ1) is 26.6. The lowest BCUT2D eigenvalue weighted by molar-refractivity contribution is 0.237. The summed E-state index contributed by atoms with van der Waals surface area (Å²) in [7, 11) is 0. The first kappa shape index (κ1) is 5.58. The van der Waals surface area contributed by atoms with E-state index in [4.69, 9.17) is 41.7 Å². The molecule has 1 heterocycles. The summed E-state index contributed by atoms with van der Waals surface area (Å²) in [5, 5.41) is 10.6. The number of phenols is 1. The topological polar surface area (TPSA) is 32.7 Å². The van der Waals surface area contributed by atoms with Gasteiger partial charge >= 0.3 is 0 Å². The Kier molecular flexibility index (Phi) is 1.65. The van der Waals surface area contributed by atoms with Crippen molar-refractivity contribution < 1.29 is 49.6 Å². The number of hydrogen-bond donors (Lipinski definition) is 1. The van der Waals surface area contributed by atoms with Crippen molar-refractivity contribution in [3.05, 3.63) is 94.8 Å². The number of hydrogen-bond acceptors (Lipinski definition) is 3. The minimum Gasteiger partial charge on any atom is -0.508 e. The molecule has 2 atom stereocenters. The van der Waals surface area contributed by atoms with E-state index in [9.17, 15) is 7.85 Å². The van der Waals surface area contributed by atoms with Crippen LogP contribution in [0.5, 0.6) is 11.5 Å². The number of benzene rings is 3. The Hall–Kier alpha value is -2.78. The second-order valence-electron chi connectivity index (χ2n) is 5.88. The molecule has 31 heavy (non-hydrogen) atoms. The highest BCUT2D eigenvalue weighted by molar-refractivity contribution is 5.48. The molecule has 1 aliphatic carbocycles. The fourth-order valence-electron chi connectivity index (χ4n) is 2.70. The largest absolute Gasteiger partial charge is 0.508 e. The van der Waals surface area contributed by atoms with Gasteiger partial charge in [-0.05, 0) is 90.8 Å². The van der Waals surface area contributed by atoms with Gasteiger partial charge in [-0.1, -0.05) is 48.4 Å². The zero-order valence-corrected chi connectivity index (χ0v) is 15.4. The van der Waals surface area contributed by atoms with Gasteiger partial charge in [-0.2, -0.15) is 0 Å². The summed E-state index contributed by atoms with van der Waals surface area (Å²) in [4.78, 5) is -0.788. The second kappa shape index (κ2) is 9.15. The third-order valence-corrected chi connectivity index (χ3v) is 3.99. The van der Waals surface area contributed by atoms with Crippen molar-refractivity contribution in [2.75, 3.05) is 26.0 Å². The Balaban J connectivity index is 1.92. The van der Waals surface area contributed by atoms with Crippen molar-refractivity contribution in [2.24, 2.45) is 0 Å². The lowest BCUT2D eigenvalue weighted by atomic mass is 9.69. The number of rotatable bonds is 6. The number of aromatic hydroxyl groups is 1. The normalized spacial score (nSPS) is 50.0. The molecular formula is C28H31NO2. The number of likely N-dealkylation sites (tertiary alicyclic amines) is 1. The number of ether oxygens (including phenoxy) is 1. The van der Waals surface area contributed by atoms with E-state index in [0.29, 0.717) is 6.07 Å². The molecule has 3 aromatic rings. The van der Waals surface area contributed by atoms with Gasteiger partial charge in [0.1, 0.15) is 18.1 Å². The Bertz CT molecular complexity index is 2300. The SMILES string of the molecule is [2H]c1cc([C@@]2([2H])C([2H])([2H])C([2H])([2H])c3c([2H])c(O)c([2H])c([2H])c3[C@@]2([2H])c2c([2H])c([2H])c(OC([2H])([2H])C([2H])([2H])N3C([2H])([2H])C([2H])([2H])C([2H])([2H])C3([2H])[2H])c([2H])c2[2H])c([2H])c([2H])c1[2H]. The van der Waals surface area contributed by atoms with Gasteiger partial charge in [0.05, 0.1) is 17.8 Å². The maximum atomic E-state index is 10.6. The van der Waals surface area contributed by atoms with Crippen molar-refractivity contribution in [3.63, 3.8) is 0 Å². The third kappa shape index (κ3) is 4.47. The molecule has 3 nitrogen and oxygen atoms in total. The molecule has 0 spiro atoms. The van der Waals surface area contributed by atoms with Gasteiger partial charge in [-0.3, -0.25) is 4.90 Å². The van der Waals surface area contributed by atoms with Gasteiger partial charge in [0, 0.05) is 34.3 Å². The van der Waals surface area contributed by atoms with Crippen molar-refractivity contribution in [1.29, 1.82) is 0 Å². The van der Waals surface area contributed by atoms with E-state index in [1.54, 1.807) is 0 Å². The summed E-state index contributed by atoms with van der Waals surface area (Å²) >= 11 is 0. The molecule has 1 aliphatic heterocycles. The van der Waals surface area contributed by atoms with Crippen LogP contribution in [0.2, 0.25) is 0 Å². The van der Waals surface area contributed by atoms with E-state index < -0.39 is 168 Å². The molecule has 1 N–H and O–H groups in total. The van der Waals surface area contributed by atoms with Crippen LogP contribution in [0.4, 0.5) is 0 Å². The minimum atomic E-state index is -4.33. The van der Waals surface area contributed by atoms with E-state index in [-0.39, 0.29) is 0 Å². The molecule has 1 saturated heterocycles. The molecule has 0 unspecified atom stereocenters. The molecule has 0 radical (unpaired) electrons. The first-order valence-corrected chi connectivity index (χ1v) is 8.63. The molecule has 160 valence electrons. The molecule has 0 amide bonds. The predicted octanol–water partition coefficient (Wildman–Crippen LogP) is 5.73. The zero-order valence-electron chi connectivity index (χ0n) is 44.4. The standard InChI is InChI=1S/C28H31NO2/c30-24-11-15-27-23(20-24)10-14-26(21-6-2-1-3-7-21)28(27)22-8-12-25(13-9-22)31-19-18-29-16-4-5-17-29/h1-3,6-9,11-13,15,20,26,28,30H,4-5,10,14,16-19H2/t26-,28+/m1/s1/i1D,2D,3D,4D2,5D2,6D,8D,9D,10D2,11D,12D,13D,14D2,15D,16D2,17D2,18D2,19D2,20D,26D,28D. The summed E-state index contributed by atoms with van der Waals surface area (Å²) in [6, 6.07) is -14.9. The molecule has 5 rings (SSSR count). The number of fused-ring (bicyclic) bond motifs is 1. The quantitative estimate of drug-likeness (QED) is 0.529. The van der Waals surface area contributed by atoms with Crippen LogP contribution in [0.1, 0.15) is 92.9 Å². The van der Waals surface area contributed by atoms with Crippen LogP contribution >= 0.6 is 0 Å². The average Bonchev–Trinajstić information content (AvgIpc) is 3.18. The maximum absolute atomic E-state index is 10.6. The van der Waals surface area contributed by atoms with Gasteiger partial charge in [-0.25, -0.2) is 0 Å². The number of nitrogens with zero attached hydrogens (tertiary/aromatic N) is 1. The fourth-order valence-corrected chi connectivity index (χ4v) is 2.70. The van der Waals surface area contributed by atoms with Crippen LogP contribution in [-0.4, -0.2) is 36.1 Å². The van der Waals surface area contributed by atoms with Crippen molar-refractivity contribution in [2.45, 2.75) is 37.3 Å². The van der Waals surface area contributed by atoms with E-state index >= 15 is 0 Å². The third-order valence-electron chi connectivity index (χ3n) is 3.99. The number of phenolic OH excluding ortho intramolecular Hbond substituents is 1. The van der Waals surface area contributed by atoms with Crippen molar-refractivity contribution >= 4 is 0 Å². The van der Waals surface area contributed by atoms with Crippen molar-refractivity contribution in [1.82, 2.24) is 4.90 Å². The van der Waals surface area contributed by atoms with Crippen molar-refractivity contribution in [3.8, 4) is 11.5 Å². The van der Waals surface area contributed by atoms with E-state index in [0.717, 1.165) is 0 Å². The predicted molar refractivity (Wildman–Crippen MR) is 125 cm³/mol. The van der Waals surface area contributed by atoms with Crippen LogP contribution in [0.25, 0.3) is 0 Å². The molecule has 0 aromatic heterocycles. The van der Waals surface area contributed by atoms with Gasteiger partial charge in [0.2, 0.25) is 0 Å². The monoisotopic (exact) mass is 442 g/mol. The fraction of sp³-hybridized carbons (Fsp3) is 0.357. The maximum Gasteiger partial charge on any atom is 0.119 e. The van der Waals surface area contributed by atoms with E-state index in [1.165, 1.54) is 0 Å². The average molecular weight is 443 g/mol. The lowest BCUT2D eigenvalue weighted by Crippen LogP contribution is -2.25. The summed E-state index contributed by atoms with van der Waals surface area (Å²) in [5.41, 5.74) is -5.66. The highest BCUT2D eigenvalue weighted by Gasteiger charge is 2.32. The van der Waals surface area contributed by atoms with Crippen LogP contribution in [-0.2, 0) is 6.37 Å². The highest BCUT2D eigenvalue weighted by Crippen LogP contribution is 2.47. The van der Waals surface area contributed by atoms with Gasteiger partial charge < -0.3 is 9.84 Å². The smallest absolute Gasteiger partial charge is 0.119 e. The summed E-state index contributed by atoms with van der Waals surface area (Å²) < 4.78 is 254. The molecule has 3 aromatic carbocycles. The Morgan fingerprint density at radius 3 is 2.74 bits per heavy atom. The minimum absolute atomic E-state index is 0.413. The summed E-state index contributed by atoms with van der Waals surface area (Å²) in [6.45, 7) is -16.7. The molecule has 0 saturated carbocycles. The zero-order chi connectivity index (χ0) is 46.8. The van der Waals surface area contributed by atoms with Crippen LogP contribution in [0.3, 0.4) is 0 Å². The van der Waals surface area contributed by atoms with E-state index in [2.05, 4.69) is 0 Å². The molecule has 2 aliphatic rings. The Morgan fingerprint density at radius 2 is 1.90 bits per heavy atom. The van der Waals surface area contributed by atoms with Gasteiger partial charge in [0.15, 0.2) is 0 Å².